The van der Waals surface area contributed by atoms with E-state index in [0.29, 0.717) is 47.5 Å². The highest BCUT2D eigenvalue weighted by atomic mass is 19.1. The Morgan fingerprint density at radius 1 is 1.09 bits per heavy atom. The Labute approximate surface area is 200 Å². The van der Waals surface area contributed by atoms with Gasteiger partial charge >= 0.3 is 0 Å². The average Bonchev–Trinajstić information content (AvgIpc) is 3.70. The van der Waals surface area contributed by atoms with Gasteiger partial charge in [-0.3, -0.25) is 9.78 Å². The summed E-state index contributed by atoms with van der Waals surface area (Å²) in [5.41, 5.74) is 5.29. The second-order valence-corrected chi connectivity index (χ2v) is 10.3. The zero-order valence-electron chi connectivity index (χ0n) is 19.7. The third kappa shape index (κ3) is 3.57. The molecule has 2 aromatic heterocycles. The van der Waals surface area contributed by atoms with E-state index in [-0.39, 0.29) is 11.2 Å². The minimum atomic E-state index is -0.256. The normalized spacial score (nSPS) is 23.9. The lowest BCUT2D eigenvalue weighted by Crippen LogP contribution is -2.45. The van der Waals surface area contributed by atoms with Crippen LogP contribution in [-0.4, -0.2) is 20.7 Å². The number of nitrogens with zero attached hydrogens (tertiary/aromatic N) is 3. The van der Waals surface area contributed by atoms with Gasteiger partial charge in [0, 0.05) is 52.8 Å². The molecule has 0 spiro atoms. The van der Waals surface area contributed by atoms with Crippen molar-refractivity contribution in [3.05, 3.63) is 65.4 Å². The molecule has 0 N–H and O–H groups in total. The summed E-state index contributed by atoms with van der Waals surface area (Å²) in [4.78, 5) is 27.2. The Bertz CT molecular complexity index is 1270. The van der Waals surface area contributed by atoms with E-state index < -0.39 is 0 Å². The highest BCUT2D eigenvalue weighted by Gasteiger charge is 2.49. The Morgan fingerprint density at radius 3 is 2.74 bits per heavy atom. The first-order valence-corrected chi connectivity index (χ1v) is 12.7. The van der Waals surface area contributed by atoms with Crippen molar-refractivity contribution in [2.75, 3.05) is 0 Å². The first-order valence-electron chi connectivity index (χ1n) is 12.7. The summed E-state index contributed by atoms with van der Waals surface area (Å²) in [6, 6.07) is 11.0. The van der Waals surface area contributed by atoms with Crippen LogP contribution in [0, 0.1) is 11.7 Å². The lowest BCUT2D eigenvalue weighted by Gasteiger charge is -2.47. The molecule has 1 aromatic carbocycles. The number of aromatic nitrogens is 3. The van der Waals surface area contributed by atoms with Crippen molar-refractivity contribution in [2.45, 2.75) is 76.0 Å². The number of carbonyl (C=O) groups excluding carboxylic acids is 1. The van der Waals surface area contributed by atoms with Gasteiger partial charge in [0.25, 0.3) is 0 Å². The summed E-state index contributed by atoms with van der Waals surface area (Å²) in [6.07, 6.45) is 10.0. The van der Waals surface area contributed by atoms with E-state index >= 15 is 4.39 Å². The van der Waals surface area contributed by atoms with E-state index in [2.05, 4.69) is 18.0 Å². The van der Waals surface area contributed by atoms with E-state index in [1.54, 1.807) is 6.07 Å². The fourth-order valence-corrected chi connectivity index (χ4v) is 6.37. The molecule has 0 amide bonds. The van der Waals surface area contributed by atoms with E-state index in [1.165, 1.54) is 18.9 Å². The van der Waals surface area contributed by atoms with Crippen LogP contribution in [0.2, 0.25) is 0 Å². The number of pyridine rings is 1. The van der Waals surface area contributed by atoms with Crippen LogP contribution in [0.15, 0.2) is 42.6 Å². The van der Waals surface area contributed by atoms with Gasteiger partial charge in [-0.15, -0.1) is 0 Å². The maximum absolute atomic E-state index is 15.1. The van der Waals surface area contributed by atoms with Crippen molar-refractivity contribution in [3.63, 3.8) is 0 Å². The molecule has 3 aromatic rings. The third-order valence-electron chi connectivity index (χ3n) is 8.19. The molecule has 2 saturated carbocycles. The second kappa shape index (κ2) is 8.37. The second-order valence-electron chi connectivity index (χ2n) is 10.3. The highest BCUT2D eigenvalue weighted by molar-refractivity contribution is 5.80. The van der Waals surface area contributed by atoms with E-state index in [9.17, 15) is 4.79 Å². The molecule has 0 saturated heterocycles. The molecule has 0 bridgehead atoms. The summed E-state index contributed by atoms with van der Waals surface area (Å²) in [5.74, 6) is 1.59. The van der Waals surface area contributed by atoms with Crippen molar-refractivity contribution in [3.8, 4) is 22.6 Å². The zero-order chi connectivity index (χ0) is 23.3. The summed E-state index contributed by atoms with van der Waals surface area (Å²) < 4.78 is 15.1. The Kier molecular flexibility index (Phi) is 5.31. The van der Waals surface area contributed by atoms with Gasteiger partial charge < -0.3 is 0 Å². The fourth-order valence-electron chi connectivity index (χ4n) is 6.37. The molecule has 0 aliphatic heterocycles. The number of rotatable bonds is 5. The number of Topliss-reactive ketones (excluding diaryl/α,β-unsaturated/α-hetero) is 1. The predicted octanol–water partition coefficient (Wildman–Crippen LogP) is 6.58. The number of fused-ring (bicyclic) bond motifs is 3. The predicted molar refractivity (Wildman–Crippen MR) is 130 cm³/mol. The average molecular weight is 456 g/mol. The number of halogens is 1. The van der Waals surface area contributed by atoms with E-state index in [1.807, 2.05) is 24.4 Å². The van der Waals surface area contributed by atoms with E-state index in [4.69, 9.17) is 9.97 Å². The zero-order valence-corrected chi connectivity index (χ0v) is 19.7. The number of carbonyl (C=O) groups is 1. The smallest absolute Gasteiger partial charge is 0.160 e. The van der Waals surface area contributed by atoms with Crippen LogP contribution < -0.4 is 0 Å². The van der Waals surface area contributed by atoms with Crippen LogP contribution in [0.4, 0.5) is 4.39 Å². The quantitative estimate of drug-likeness (QED) is 0.436. The Morgan fingerprint density at radius 2 is 1.94 bits per heavy atom. The van der Waals surface area contributed by atoms with Gasteiger partial charge in [0.05, 0.1) is 11.4 Å². The van der Waals surface area contributed by atoms with Gasteiger partial charge in [-0.05, 0) is 68.7 Å². The molecular weight excluding hydrogens is 425 g/mol. The van der Waals surface area contributed by atoms with E-state index in [0.717, 1.165) is 54.6 Å². The lowest BCUT2D eigenvalue weighted by molar-refractivity contribution is -0.123. The number of benzene rings is 1. The first-order chi connectivity index (χ1) is 16.6. The highest BCUT2D eigenvalue weighted by Crippen LogP contribution is 2.53. The topological polar surface area (TPSA) is 55.7 Å². The summed E-state index contributed by atoms with van der Waals surface area (Å²) in [6.45, 7) is 2.21. The molecule has 34 heavy (non-hydrogen) atoms. The first kappa shape index (κ1) is 21.6. The van der Waals surface area contributed by atoms with Crippen molar-refractivity contribution in [2.24, 2.45) is 5.92 Å². The lowest BCUT2D eigenvalue weighted by atomic mass is 9.56. The van der Waals surface area contributed by atoms with Crippen LogP contribution in [0.25, 0.3) is 22.6 Å². The van der Waals surface area contributed by atoms with Crippen LogP contribution in [0.3, 0.4) is 0 Å². The Balaban J connectivity index is 1.59. The molecular formula is C29H30FN3O. The maximum atomic E-state index is 15.1. The largest absolute Gasteiger partial charge is 0.300 e. The molecule has 6 rings (SSSR count). The molecule has 2 atom stereocenters. The molecule has 0 radical (unpaired) electrons. The summed E-state index contributed by atoms with van der Waals surface area (Å²) in [7, 11) is 0. The van der Waals surface area contributed by atoms with Gasteiger partial charge in [-0.1, -0.05) is 25.5 Å². The standard InChI is InChI=1S/C29H30FN3O/c1-2-13-29-14-11-21(34)17-20(29)9-10-23-26(22-5-3-4-6-24(22)30)32-28(33-27(23)29)19-12-15-31-25(16-19)18-7-8-18/h3-6,12,15-16,18,20H,2,7-11,13-14,17H2,1H3/t20-,29-/m1/s1. The fraction of sp³-hybridized carbons (Fsp3) is 0.448. The van der Waals surface area contributed by atoms with Gasteiger partial charge in [0.2, 0.25) is 0 Å². The van der Waals surface area contributed by atoms with Crippen molar-refractivity contribution in [1.82, 2.24) is 15.0 Å². The molecule has 3 aliphatic carbocycles. The number of hydrogen-bond acceptors (Lipinski definition) is 4. The molecule has 0 unspecified atom stereocenters. The van der Waals surface area contributed by atoms with Crippen molar-refractivity contribution >= 4 is 5.78 Å². The third-order valence-corrected chi connectivity index (χ3v) is 8.19. The molecule has 2 fully saturated rings. The SMILES string of the molecule is CCC[C@@]12CCC(=O)C[C@H]1CCc1c(-c3ccccc3F)nc(-c3ccnc(C4CC4)c3)nc12. The van der Waals surface area contributed by atoms with Crippen molar-refractivity contribution in [1.29, 1.82) is 0 Å². The monoisotopic (exact) mass is 455 g/mol. The minimum absolute atomic E-state index is 0.139. The van der Waals surface area contributed by atoms with Gasteiger partial charge in [0.1, 0.15) is 11.6 Å². The molecule has 4 nitrogen and oxygen atoms in total. The van der Waals surface area contributed by atoms with Gasteiger partial charge in [0.15, 0.2) is 5.82 Å². The molecule has 174 valence electrons. The molecule has 5 heteroatoms. The number of ketones is 1. The maximum Gasteiger partial charge on any atom is 0.160 e. The summed E-state index contributed by atoms with van der Waals surface area (Å²) in [5, 5.41) is 0. The number of hydrogen-bond donors (Lipinski definition) is 0. The van der Waals surface area contributed by atoms with Crippen molar-refractivity contribution < 1.29 is 9.18 Å². The Hall–Kier alpha value is -2.95. The van der Waals surface area contributed by atoms with Gasteiger partial charge in [-0.25, -0.2) is 14.4 Å². The molecule has 2 heterocycles. The van der Waals surface area contributed by atoms with Crippen LogP contribution in [0.5, 0.6) is 0 Å². The van der Waals surface area contributed by atoms with Crippen LogP contribution in [0.1, 0.15) is 81.2 Å². The minimum Gasteiger partial charge on any atom is -0.300 e. The van der Waals surface area contributed by atoms with Crippen LogP contribution in [-0.2, 0) is 16.6 Å². The van der Waals surface area contributed by atoms with Crippen LogP contribution >= 0.6 is 0 Å². The van der Waals surface area contributed by atoms with Gasteiger partial charge in [-0.2, -0.15) is 0 Å². The molecule has 3 aliphatic rings. The summed E-state index contributed by atoms with van der Waals surface area (Å²) >= 11 is 0.